The van der Waals surface area contributed by atoms with Crippen LogP contribution in [0.4, 0.5) is 5.95 Å². The van der Waals surface area contributed by atoms with E-state index in [1.807, 2.05) is 45.3 Å². The number of pyridine rings is 1. The SMILES string of the molecule is CNc1nc(C)cc(-c2ccc(C)nc2)n1. The van der Waals surface area contributed by atoms with Gasteiger partial charge in [0, 0.05) is 30.2 Å². The van der Waals surface area contributed by atoms with E-state index < -0.39 is 0 Å². The molecule has 0 spiro atoms. The summed E-state index contributed by atoms with van der Waals surface area (Å²) < 4.78 is 0. The first-order chi connectivity index (χ1) is 7.69. The third-order valence-corrected chi connectivity index (χ3v) is 2.28. The molecule has 0 atom stereocenters. The summed E-state index contributed by atoms with van der Waals surface area (Å²) in [7, 11) is 1.81. The Morgan fingerprint density at radius 1 is 1.06 bits per heavy atom. The lowest BCUT2D eigenvalue weighted by Gasteiger charge is -2.05. The zero-order chi connectivity index (χ0) is 11.5. The molecule has 0 aromatic carbocycles. The van der Waals surface area contributed by atoms with Crippen molar-refractivity contribution in [1.29, 1.82) is 0 Å². The van der Waals surface area contributed by atoms with Crippen LogP contribution < -0.4 is 5.32 Å². The standard InChI is InChI=1S/C12H14N4/c1-8-4-5-10(7-14-8)11-6-9(2)15-12(13-3)16-11/h4-7H,1-3H3,(H,13,15,16). The average Bonchev–Trinajstić information content (AvgIpc) is 2.29. The van der Waals surface area contributed by atoms with Crippen LogP contribution in [0.25, 0.3) is 11.3 Å². The van der Waals surface area contributed by atoms with Crippen LogP contribution in [-0.4, -0.2) is 22.0 Å². The lowest BCUT2D eigenvalue weighted by molar-refractivity contribution is 1.09. The lowest BCUT2D eigenvalue weighted by Crippen LogP contribution is -1.99. The highest BCUT2D eigenvalue weighted by Gasteiger charge is 2.03. The van der Waals surface area contributed by atoms with E-state index >= 15 is 0 Å². The minimum absolute atomic E-state index is 0.635. The van der Waals surface area contributed by atoms with Crippen molar-refractivity contribution in [2.24, 2.45) is 0 Å². The van der Waals surface area contributed by atoms with Crippen LogP contribution in [0, 0.1) is 13.8 Å². The maximum absolute atomic E-state index is 4.39. The van der Waals surface area contributed by atoms with Crippen molar-refractivity contribution in [2.45, 2.75) is 13.8 Å². The third kappa shape index (κ3) is 2.16. The summed E-state index contributed by atoms with van der Waals surface area (Å²) in [5.41, 5.74) is 3.84. The zero-order valence-electron chi connectivity index (χ0n) is 9.65. The molecular formula is C12H14N4. The highest BCUT2D eigenvalue weighted by atomic mass is 15.1. The molecule has 0 aliphatic rings. The molecule has 4 nitrogen and oxygen atoms in total. The first kappa shape index (κ1) is 10.5. The van der Waals surface area contributed by atoms with Crippen molar-refractivity contribution < 1.29 is 0 Å². The normalized spacial score (nSPS) is 10.2. The molecule has 1 N–H and O–H groups in total. The van der Waals surface area contributed by atoms with Gasteiger partial charge in [-0.25, -0.2) is 9.97 Å². The van der Waals surface area contributed by atoms with E-state index in [0.29, 0.717) is 5.95 Å². The smallest absolute Gasteiger partial charge is 0.223 e. The molecule has 2 heterocycles. The maximum atomic E-state index is 4.39. The average molecular weight is 214 g/mol. The zero-order valence-corrected chi connectivity index (χ0v) is 9.65. The number of anilines is 1. The maximum Gasteiger partial charge on any atom is 0.223 e. The van der Waals surface area contributed by atoms with Crippen molar-refractivity contribution in [2.75, 3.05) is 12.4 Å². The molecule has 0 bridgehead atoms. The van der Waals surface area contributed by atoms with Gasteiger partial charge < -0.3 is 5.32 Å². The Morgan fingerprint density at radius 3 is 2.50 bits per heavy atom. The molecule has 0 unspecified atom stereocenters. The van der Waals surface area contributed by atoms with Crippen LogP contribution in [0.1, 0.15) is 11.4 Å². The quantitative estimate of drug-likeness (QED) is 0.832. The summed E-state index contributed by atoms with van der Waals surface area (Å²) >= 11 is 0. The van der Waals surface area contributed by atoms with Crippen LogP contribution in [0.3, 0.4) is 0 Å². The van der Waals surface area contributed by atoms with Gasteiger partial charge in [0.2, 0.25) is 5.95 Å². The molecule has 2 rings (SSSR count). The van der Waals surface area contributed by atoms with Gasteiger partial charge in [-0.15, -0.1) is 0 Å². The Balaban J connectivity index is 2.47. The fourth-order valence-electron chi connectivity index (χ4n) is 1.45. The van der Waals surface area contributed by atoms with Gasteiger partial charge in [-0.2, -0.15) is 0 Å². The molecule has 0 amide bonds. The Hall–Kier alpha value is -1.97. The van der Waals surface area contributed by atoms with E-state index in [0.717, 1.165) is 22.6 Å². The molecular weight excluding hydrogens is 200 g/mol. The summed E-state index contributed by atoms with van der Waals surface area (Å²) in [6.45, 7) is 3.92. The Morgan fingerprint density at radius 2 is 1.88 bits per heavy atom. The Bertz CT molecular complexity index is 491. The van der Waals surface area contributed by atoms with Gasteiger partial charge in [-0.05, 0) is 32.0 Å². The van der Waals surface area contributed by atoms with Crippen molar-refractivity contribution in [3.05, 3.63) is 35.8 Å². The van der Waals surface area contributed by atoms with Crippen molar-refractivity contribution >= 4 is 5.95 Å². The van der Waals surface area contributed by atoms with Crippen LogP contribution in [0.15, 0.2) is 24.4 Å². The van der Waals surface area contributed by atoms with Crippen LogP contribution in [0.5, 0.6) is 0 Å². The van der Waals surface area contributed by atoms with E-state index in [2.05, 4.69) is 20.3 Å². The van der Waals surface area contributed by atoms with Crippen molar-refractivity contribution in [3.8, 4) is 11.3 Å². The number of aromatic nitrogens is 3. The van der Waals surface area contributed by atoms with Gasteiger partial charge in [0.05, 0.1) is 5.69 Å². The molecule has 0 fully saturated rings. The number of nitrogens with one attached hydrogen (secondary N) is 1. The van der Waals surface area contributed by atoms with Gasteiger partial charge in [0.15, 0.2) is 0 Å². The van der Waals surface area contributed by atoms with E-state index in [1.54, 1.807) is 0 Å². The van der Waals surface area contributed by atoms with Crippen LogP contribution in [-0.2, 0) is 0 Å². The van der Waals surface area contributed by atoms with E-state index in [4.69, 9.17) is 0 Å². The molecule has 16 heavy (non-hydrogen) atoms. The second-order valence-electron chi connectivity index (χ2n) is 3.66. The number of hydrogen-bond acceptors (Lipinski definition) is 4. The fraction of sp³-hybridized carbons (Fsp3) is 0.250. The predicted molar refractivity (Wildman–Crippen MR) is 64.3 cm³/mol. The number of rotatable bonds is 2. The highest BCUT2D eigenvalue weighted by Crippen LogP contribution is 2.18. The topological polar surface area (TPSA) is 50.7 Å². The van der Waals surface area contributed by atoms with Gasteiger partial charge >= 0.3 is 0 Å². The number of hydrogen-bond donors (Lipinski definition) is 1. The van der Waals surface area contributed by atoms with Crippen LogP contribution in [0.2, 0.25) is 0 Å². The summed E-state index contributed by atoms with van der Waals surface area (Å²) in [4.78, 5) is 12.9. The molecule has 4 heteroatoms. The molecule has 0 aliphatic carbocycles. The second kappa shape index (κ2) is 4.26. The Labute approximate surface area is 94.8 Å². The molecule has 82 valence electrons. The molecule has 2 aromatic rings. The van der Waals surface area contributed by atoms with Gasteiger partial charge in [-0.3, -0.25) is 4.98 Å². The highest BCUT2D eigenvalue weighted by molar-refractivity contribution is 5.59. The largest absolute Gasteiger partial charge is 0.357 e. The number of aryl methyl sites for hydroxylation is 2. The number of nitrogens with zero attached hydrogens (tertiary/aromatic N) is 3. The molecule has 0 radical (unpaired) electrons. The van der Waals surface area contributed by atoms with Crippen molar-refractivity contribution in [3.63, 3.8) is 0 Å². The fourth-order valence-corrected chi connectivity index (χ4v) is 1.45. The van der Waals surface area contributed by atoms with Crippen LogP contribution >= 0.6 is 0 Å². The predicted octanol–water partition coefficient (Wildman–Crippen LogP) is 2.20. The Kier molecular flexibility index (Phi) is 2.81. The van der Waals surface area contributed by atoms with Gasteiger partial charge in [-0.1, -0.05) is 0 Å². The monoisotopic (exact) mass is 214 g/mol. The molecule has 0 saturated heterocycles. The van der Waals surface area contributed by atoms with E-state index in [-0.39, 0.29) is 0 Å². The second-order valence-corrected chi connectivity index (χ2v) is 3.66. The molecule has 0 aliphatic heterocycles. The first-order valence-corrected chi connectivity index (χ1v) is 5.15. The van der Waals surface area contributed by atoms with Gasteiger partial charge in [0.1, 0.15) is 0 Å². The summed E-state index contributed by atoms with van der Waals surface area (Å²) in [5, 5.41) is 2.95. The lowest BCUT2D eigenvalue weighted by atomic mass is 10.2. The summed E-state index contributed by atoms with van der Waals surface area (Å²) in [6.07, 6.45) is 1.83. The molecule has 2 aromatic heterocycles. The molecule has 0 saturated carbocycles. The minimum Gasteiger partial charge on any atom is -0.357 e. The van der Waals surface area contributed by atoms with Gasteiger partial charge in [0.25, 0.3) is 0 Å². The minimum atomic E-state index is 0.635. The summed E-state index contributed by atoms with van der Waals surface area (Å²) in [6, 6.07) is 5.95. The van der Waals surface area contributed by atoms with E-state index in [1.165, 1.54) is 0 Å². The summed E-state index contributed by atoms with van der Waals surface area (Å²) in [5.74, 6) is 0.635. The van der Waals surface area contributed by atoms with Crippen molar-refractivity contribution in [1.82, 2.24) is 15.0 Å². The van der Waals surface area contributed by atoms with E-state index in [9.17, 15) is 0 Å². The first-order valence-electron chi connectivity index (χ1n) is 5.15. The third-order valence-electron chi connectivity index (χ3n) is 2.28.